The molecule has 9 heteroatoms. The van der Waals surface area contributed by atoms with Gasteiger partial charge in [0.05, 0.1) is 16.8 Å². The summed E-state index contributed by atoms with van der Waals surface area (Å²) in [4.78, 5) is 28.5. The molecule has 0 atom stereocenters. The van der Waals surface area contributed by atoms with E-state index in [1.54, 1.807) is 6.08 Å². The van der Waals surface area contributed by atoms with Crippen LogP contribution in [0.5, 0.6) is 0 Å². The number of amides is 1. The number of nitrogens with one attached hydrogen (secondary N) is 2. The van der Waals surface area contributed by atoms with E-state index >= 15 is 0 Å². The lowest BCUT2D eigenvalue weighted by atomic mass is 10.4. The first-order valence-corrected chi connectivity index (χ1v) is 7.55. The second-order valence-corrected chi connectivity index (χ2v) is 4.46. The molecule has 0 saturated carbocycles. The molecule has 2 N–H and O–H groups in total. The number of halogens is 1. The van der Waals surface area contributed by atoms with Crippen molar-refractivity contribution in [2.75, 3.05) is 17.2 Å². The van der Waals surface area contributed by atoms with Gasteiger partial charge >= 0.3 is 0 Å². The summed E-state index contributed by atoms with van der Waals surface area (Å²) >= 11 is 3.25. The molecule has 0 fully saturated rings. The summed E-state index contributed by atoms with van der Waals surface area (Å²) in [6.07, 6.45) is 6.57. The Balaban J connectivity index is 0.00000149. The van der Waals surface area contributed by atoms with Crippen molar-refractivity contribution in [1.82, 2.24) is 9.97 Å². The third-order valence-corrected chi connectivity index (χ3v) is 2.66. The van der Waals surface area contributed by atoms with Crippen molar-refractivity contribution < 1.29 is 9.72 Å². The number of allylic oxidation sites excluding steroid dienone is 2. The molecule has 0 spiro atoms. The van der Waals surface area contributed by atoms with E-state index < -0.39 is 4.92 Å². The number of carbonyl (C=O) groups excluding carboxylic acids is 1. The minimum Gasteiger partial charge on any atom is -0.363 e. The van der Waals surface area contributed by atoms with Gasteiger partial charge in [0.15, 0.2) is 11.6 Å². The summed E-state index contributed by atoms with van der Waals surface area (Å²) in [5, 5.41) is 16.2. The van der Waals surface area contributed by atoms with Crippen LogP contribution in [0.3, 0.4) is 0 Å². The number of hydrogen-bond acceptors (Lipinski definition) is 6. The van der Waals surface area contributed by atoms with E-state index in [9.17, 15) is 14.9 Å². The van der Waals surface area contributed by atoms with Gasteiger partial charge in [-0.05, 0) is 13.5 Å². The predicted octanol–water partition coefficient (Wildman–Crippen LogP) is 2.89. The van der Waals surface area contributed by atoms with Crippen LogP contribution in [0.15, 0.2) is 43.3 Å². The molecule has 0 aliphatic rings. The van der Waals surface area contributed by atoms with Gasteiger partial charge in [0, 0.05) is 18.0 Å². The molecular weight excluding hydrogens is 366 g/mol. The highest BCUT2D eigenvalue weighted by Crippen LogP contribution is 2.16. The number of nitro groups is 1. The van der Waals surface area contributed by atoms with E-state index in [0.717, 1.165) is 0 Å². The van der Waals surface area contributed by atoms with E-state index in [1.807, 2.05) is 6.92 Å². The van der Waals surface area contributed by atoms with Crippen molar-refractivity contribution in [2.45, 2.75) is 12.3 Å². The van der Waals surface area contributed by atoms with Gasteiger partial charge in [-0.3, -0.25) is 14.9 Å². The van der Waals surface area contributed by atoms with Crippen LogP contribution >= 0.6 is 15.9 Å². The Labute approximate surface area is 142 Å². The topological polar surface area (TPSA) is 110 Å². The lowest BCUT2D eigenvalue weighted by molar-refractivity contribution is -0.418. The quantitative estimate of drug-likeness (QED) is 0.178. The molecule has 23 heavy (non-hydrogen) atoms. The molecule has 124 valence electrons. The lowest BCUT2D eigenvalue weighted by Crippen LogP contribution is -2.09. The molecule has 0 unspecified atom stereocenters. The highest BCUT2D eigenvalue weighted by atomic mass is 79.9. The van der Waals surface area contributed by atoms with Crippen molar-refractivity contribution in [2.24, 2.45) is 0 Å². The van der Waals surface area contributed by atoms with Gasteiger partial charge in [-0.2, -0.15) is 0 Å². The van der Waals surface area contributed by atoms with Gasteiger partial charge < -0.3 is 10.6 Å². The predicted molar refractivity (Wildman–Crippen MR) is 94.0 cm³/mol. The third kappa shape index (κ3) is 8.47. The van der Waals surface area contributed by atoms with Crippen LogP contribution in [-0.2, 0) is 10.1 Å². The van der Waals surface area contributed by atoms with Crippen LogP contribution in [0.25, 0.3) is 0 Å². The molecule has 1 heterocycles. The van der Waals surface area contributed by atoms with Crippen LogP contribution in [0.4, 0.5) is 11.6 Å². The summed E-state index contributed by atoms with van der Waals surface area (Å²) < 4.78 is 0. The molecule has 0 bridgehead atoms. The van der Waals surface area contributed by atoms with Crippen LogP contribution in [-0.4, -0.2) is 27.8 Å². The molecule has 0 aliphatic heterocycles. The zero-order valence-electron chi connectivity index (χ0n) is 12.7. The van der Waals surface area contributed by atoms with Gasteiger partial charge in [0.25, 0.3) is 5.70 Å². The third-order valence-electron chi connectivity index (χ3n) is 2.09. The maximum Gasteiger partial charge on any atom is 0.262 e. The molecule has 0 radical (unpaired) electrons. The fraction of sp³-hybridized carbons (Fsp3) is 0.214. The van der Waals surface area contributed by atoms with Crippen molar-refractivity contribution >= 4 is 34.0 Å². The Bertz CT molecular complexity index is 590. The molecule has 0 aromatic carbocycles. The largest absolute Gasteiger partial charge is 0.363 e. The Morgan fingerprint density at radius 2 is 2.17 bits per heavy atom. The average molecular weight is 384 g/mol. The second kappa shape index (κ2) is 12.0. The van der Waals surface area contributed by atoms with Gasteiger partial charge in [-0.15, -0.1) is 6.58 Å². The maximum absolute atomic E-state index is 10.5. The smallest absolute Gasteiger partial charge is 0.262 e. The van der Waals surface area contributed by atoms with Crippen molar-refractivity contribution in [3.05, 3.63) is 59.1 Å². The molecule has 1 rings (SSSR count). The fourth-order valence-corrected chi connectivity index (χ4v) is 1.46. The monoisotopic (exact) mass is 383 g/mol. The summed E-state index contributed by atoms with van der Waals surface area (Å²) in [5.74, 6) is 0.664. The summed E-state index contributed by atoms with van der Waals surface area (Å²) in [6.45, 7) is 8.80. The minimum absolute atomic E-state index is 0.210. The first-order chi connectivity index (χ1) is 11.0. The van der Waals surface area contributed by atoms with Crippen LogP contribution in [0, 0.1) is 10.1 Å². The number of nitrogens with zero attached hydrogens (tertiary/aromatic N) is 3. The lowest BCUT2D eigenvalue weighted by Gasteiger charge is -2.08. The minimum atomic E-state index is -0.582. The Morgan fingerprint density at radius 3 is 2.70 bits per heavy atom. The highest BCUT2D eigenvalue weighted by molar-refractivity contribution is 9.08. The zero-order chi connectivity index (χ0) is 17.7. The molecule has 1 aromatic rings. The van der Waals surface area contributed by atoms with E-state index in [2.05, 4.69) is 49.7 Å². The Hall–Kier alpha value is -2.55. The fourth-order valence-electron chi connectivity index (χ4n) is 1.19. The van der Waals surface area contributed by atoms with Crippen LogP contribution in [0.2, 0.25) is 0 Å². The Kier molecular flexibility index (Phi) is 10.7. The highest BCUT2D eigenvalue weighted by Gasteiger charge is 2.06. The number of anilines is 2. The van der Waals surface area contributed by atoms with Gasteiger partial charge in [0.1, 0.15) is 0 Å². The van der Waals surface area contributed by atoms with E-state index in [-0.39, 0.29) is 18.1 Å². The normalized spacial score (nSPS) is 9.48. The van der Waals surface area contributed by atoms with Crippen LogP contribution in [0.1, 0.15) is 12.6 Å². The molecule has 0 saturated heterocycles. The van der Waals surface area contributed by atoms with E-state index in [0.29, 0.717) is 23.3 Å². The first kappa shape index (κ1) is 20.5. The van der Waals surface area contributed by atoms with Gasteiger partial charge in [-0.1, -0.05) is 28.1 Å². The van der Waals surface area contributed by atoms with E-state index in [1.165, 1.54) is 18.3 Å². The number of hydrogen-bond donors (Lipinski definition) is 2. The number of carbonyl (C=O) groups is 1. The second-order valence-electron chi connectivity index (χ2n) is 3.89. The average Bonchev–Trinajstić information content (AvgIpc) is 2.53. The van der Waals surface area contributed by atoms with Crippen LogP contribution < -0.4 is 10.6 Å². The molecular formula is C14H18BrN5O3. The number of aromatic nitrogens is 2. The summed E-state index contributed by atoms with van der Waals surface area (Å²) in [7, 11) is 0. The van der Waals surface area contributed by atoms with Crippen molar-refractivity contribution in [1.29, 1.82) is 0 Å². The van der Waals surface area contributed by atoms with Gasteiger partial charge in [-0.25, -0.2) is 9.97 Å². The maximum atomic E-state index is 10.5. The molecule has 1 amide bonds. The van der Waals surface area contributed by atoms with Crippen molar-refractivity contribution in [3.63, 3.8) is 0 Å². The number of alkyl halides is 1. The van der Waals surface area contributed by atoms with E-state index in [4.69, 9.17) is 0 Å². The van der Waals surface area contributed by atoms with Crippen molar-refractivity contribution in [3.8, 4) is 0 Å². The molecule has 1 aromatic heterocycles. The first-order valence-electron chi connectivity index (χ1n) is 6.42. The zero-order valence-corrected chi connectivity index (χ0v) is 14.2. The molecule has 8 nitrogen and oxygen atoms in total. The standard InChI is InChI=1S/C11H12BrN5O3.C3H6/c1-8(17(19)20)3-2-4-13-11-10(15-7-18)14-6-9(5-12)16-11;1-3-2/h2-3,6-7H,1,4-5H2,(H,13,16)(H,14,15,18);3H,1H2,2H3/b3-2+;. The summed E-state index contributed by atoms with van der Waals surface area (Å²) in [6, 6.07) is 0. The molecule has 0 aliphatic carbocycles. The SMILES string of the molecule is C=C(/C=C/CNc1nc(CBr)cnc1NC=O)[N+](=O)[O-].C=CC. The number of rotatable bonds is 8. The summed E-state index contributed by atoms with van der Waals surface area (Å²) in [5.41, 5.74) is 0.473. The Morgan fingerprint density at radius 1 is 1.52 bits per heavy atom. The van der Waals surface area contributed by atoms with Gasteiger partial charge in [0.2, 0.25) is 6.41 Å².